The van der Waals surface area contributed by atoms with E-state index < -0.39 is 12.2 Å². The standard InChI is InChI=1S/C7H11NO2.CH3NO2/c9-7(10)8-6-4-2-1-3-5-6;2-1(3)4/h2,4,6,8H,1,3,5H2,(H,9,10);2H2,(H,3,4)/t6-;/m1./s1. The lowest BCUT2D eigenvalue weighted by Gasteiger charge is -2.15. The van der Waals surface area contributed by atoms with E-state index in [1.165, 1.54) is 0 Å². The lowest BCUT2D eigenvalue weighted by molar-refractivity contribution is 0.191. The maximum atomic E-state index is 10.1. The summed E-state index contributed by atoms with van der Waals surface area (Å²) in [5.74, 6) is 0. The van der Waals surface area contributed by atoms with Crippen molar-refractivity contribution >= 4 is 12.2 Å². The minimum absolute atomic E-state index is 0.0475. The van der Waals surface area contributed by atoms with Crippen molar-refractivity contribution < 1.29 is 19.8 Å². The first kappa shape index (κ1) is 12.3. The predicted octanol–water partition coefficient (Wildman–Crippen LogP) is 0.986. The summed E-state index contributed by atoms with van der Waals surface area (Å²) in [4.78, 5) is 18.9. The van der Waals surface area contributed by atoms with Gasteiger partial charge in [-0.15, -0.1) is 0 Å². The second kappa shape index (κ2) is 6.76. The first-order valence-electron chi connectivity index (χ1n) is 4.17. The van der Waals surface area contributed by atoms with Gasteiger partial charge in [0, 0.05) is 0 Å². The van der Waals surface area contributed by atoms with Crippen LogP contribution in [0.4, 0.5) is 9.59 Å². The zero-order chi connectivity index (χ0) is 11.0. The minimum Gasteiger partial charge on any atom is -0.465 e. The van der Waals surface area contributed by atoms with Crippen molar-refractivity contribution in [3.05, 3.63) is 12.2 Å². The molecule has 1 atom stereocenters. The van der Waals surface area contributed by atoms with Crippen LogP contribution in [0.3, 0.4) is 0 Å². The number of amides is 2. The molecule has 0 aliphatic heterocycles. The monoisotopic (exact) mass is 202 g/mol. The van der Waals surface area contributed by atoms with Crippen LogP contribution in [0.5, 0.6) is 0 Å². The van der Waals surface area contributed by atoms with Gasteiger partial charge in [-0.05, 0) is 19.3 Å². The minimum atomic E-state index is -1.33. The van der Waals surface area contributed by atoms with Gasteiger partial charge in [-0.25, -0.2) is 9.59 Å². The first-order chi connectivity index (χ1) is 6.52. The molecular formula is C8H14N2O4. The Morgan fingerprint density at radius 3 is 2.36 bits per heavy atom. The Morgan fingerprint density at radius 1 is 1.43 bits per heavy atom. The topological polar surface area (TPSA) is 113 Å². The van der Waals surface area contributed by atoms with Crippen LogP contribution in [-0.2, 0) is 0 Å². The zero-order valence-corrected chi connectivity index (χ0v) is 7.64. The number of hydrogen-bond donors (Lipinski definition) is 4. The zero-order valence-electron chi connectivity index (χ0n) is 7.64. The molecule has 14 heavy (non-hydrogen) atoms. The Morgan fingerprint density at radius 2 is 2.00 bits per heavy atom. The first-order valence-corrected chi connectivity index (χ1v) is 4.17. The van der Waals surface area contributed by atoms with Crippen LogP contribution in [0.1, 0.15) is 19.3 Å². The van der Waals surface area contributed by atoms with Crippen LogP contribution in [-0.4, -0.2) is 28.4 Å². The van der Waals surface area contributed by atoms with Crippen LogP contribution in [0, 0.1) is 0 Å². The Labute approximate surface area is 81.4 Å². The summed E-state index contributed by atoms with van der Waals surface area (Å²) in [6, 6.07) is 0.0475. The predicted molar refractivity (Wildman–Crippen MR) is 50.2 cm³/mol. The SMILES string of the molecule is NC(=O)O.O=C(O)N[C@@H]1C=CCCC1. The van der Waals surface area contributed by atoms with Gasteiger partial charge in [-0.1, -0.05) is 12.2 Å². The Kier molecular flexibility index (Phi) is 5.93. The normalized spacial score (nSPS) is 19.0. The van der Waals surface area contributed by atoms with E-state index in [1.807, 2.05) is 12.2 Å². The molecule has 0 unspecified atom stereocenters. The Bertz CT molecular complexity index is 223. The largest absolute Gasteiger partial charge is 0.465 e. The van der Waals surface area contributed by atoms with Crippen molar-refractivity contribution in [3.8, 4) is 0 Å². The lowest BCUT2D eigenvalue weighted by Crippen LogP contribution is -2.32. The van der Waals surface area contributed by atoms with Crippen LogP contribution < -0.4 is 11.1 Å². The fourth-order valence-electron chi connectivity index (χ4n) is 1.09. The van der Waals surface area contributed by atoms with Crippen molar-refractivity contribution in [2.45, 2.75) is 25.3 Å². The molecular weight excluding hydrogens is 188 g/mol. The van der Waals surface area contributed by atoms with Crippen LogP contribution in [0.2, 0.25) is 0 Å². The van der Waals surface area contributed by atoms with E-state index in [0.717, 1.165) is 19.3 Å². The maximum Gasteiger partial charge on any atom is 0.405 e. The third kappa shape index (κ3) is 8.38. The summed E-state index contributed by atoms with van der Waals surface area (Å²) >= 11 is 0. The van der Waals surface area contributed by atoms with Crippen molar-refractivity contribution in [2.75, 3.05) is 0 Å². The van der Waals surface area contributed by atoms with E-state index in [-0.39, 0.29) is 6.04 Å². The molecule has 0 saturated heterocycles. The quantitative estimate of drug-likeness (QED) is 0.475. The third-order valence-corrected chi connectivity index (χ3v) is 1.56. The van der Waals surface area contributed by atoms with E-state index in [2.05, 4.69) is 11.1 Å². The summed E-state index contributed by atoms with van der Waals surface area (Å²) in [6.45, 7) is 0. The second-order valence-corrected chi connectivity index (χ2v) is 2.75. The molecule has 2 amide bonds. The van der Waals surface area contributed by atoms with Crippen LogP contribution in [0.25, 0.3) is 0 Å². The number of rotatable bonds is 1. The van der Waals surface area contributed by atoms with Crippen LogP contribution in [0.15, 0.2) is 12.2 Å². The number of nitrogens with two attached hydrogens (primary N) is 1. The van der Waals surface area contributed by atoms with E-state index in [1.54, 1.807) is 0 Å². The van der Waals surface area contributed by atoms with Gasteiger partial charge < -0.3 is 21.3 Å². The van der Waals surface area contributed by atoms with E-state index in [4.69, 9.17) is 15.0 Å². The molecule has 0 spiro atoms. The summed E-state index contributed by atoms with van der Waals surface area (Å²) in [5.41, 5.74) is 4.03. The number of carboxylic acid groups (broad SMARTS) is 2. The summed E-state index contributed by atoms with van der Waals surface area (Å²) in [5, 5.41) is 17.9. The average Bonchev–Trinajstić information content (AvgIpc) is 2.03. The second-order valence-electron chi connectivity index (χ2n) is 2.75. The average molecular weight is 202 g/mol. The van der Waals surface area contributed by atoms with Crippen LogP contribution >= 0.6 is 0 Å². The van der Waals surface area contributed by atoms with E-state index in [0.29, 0.717) is 0 Å². The molecule has 6 heteroatoms. The Balaban J connectivity index is 0.000000364. The number of carbonyl (C=O) groups is 2. The number of hydrogen-bond acceptors (Lipinski definition) is 2. The summed E-state index contributed by atoms with van der Waals surface area (Å²) in [7, 11) is 0. The van der Waals surface area contributed by atoms with Gasteiger partial charge in [-0.3, -0.25) is 0 Å². The fourth-order valence-corrected chi connectivity index (χ4v) is 1.09. The third-order valence-electron chi connectivity index (χ3n) is 1.56. The molecule has 6 nitrogen and oxygen atoms in total. The molecule has 80 valence electrons. The van der Waals surface area contributed by atoms with Crippen molar-refractivity contribution in [1.29, 1.82) is 0 Å². The molecule has 0 fully saturated rings. The smallest absolute Gasteiger partial charge is 0.405 e. The summed E-state index contributed by atoms with van der Waals surface area (Å²) in [6.07, 6.45) is 4.76. The molecule has 0 radical (unpaired) electrons. The highest BCUT2D eigenvalue weighted by molar-refractivity contribution is 5.65. The lowest BCUT2D eigenvalue weighted by atomic mass is 10.0. The highest BCUT2D eigenvalue weighted by Crippen LogP contribution is 2.09. The maximum absolute atomic E-state index is 10.1. The molecule has 0 heterocycles. The van der Waals surface area contributed by atoms with Gasteiger partial charge in [-0.2, -0.15) is 0 Å². The van der Waals surface area contributed by atoms with Crippen molar-refractivity contribution in [1.82, 2.24) is 5.32 Å². The molecule has 0 aromatic carbocycles. The highest BCUT2D eigenvalue weighted by atomic mass is 16.4. The van der Waals surface area contributed by atoms with Gasteiger partial charge >= 0.3 is 12.2 Å². The van der Waals surface area contributed by atoms with Crippen molar-refractivity contribution in [3.63, 3.8) is 0 Å². The van der Waals surface area contributed by atoms with Gasteiger partial charge in [0.1, 0.15) is 0 Å². The molecule has 5 N–H and O–H groups in total. The Hall–Kier alpha value is -1.72. The molecule has 0 aromatic heterocycles. The van der Waals surface area contributed by atoms with Crippen molar-refractivity contribution in [2.24, 2.45) is 5.73 Å². The molecule has 1 rings (SSSR count). The van der Waals surface area contributed by atoms with E-state index >= 15 is 0 Å². The molecule has 1 aliphatic carbocycles. The molecule has 1 aliphatic rings. The number of primary amides is 1. The van der Waals surface area contributed by atoms with E-state index in [9.17, 15) is 4.79 Å². The fraction of sp³-hybridized carbons (Fsp3) is 0.500. The number of nitrogens with one attached hydrogen (secondary N) is 1. The highest BCUT2D eigenvalue weighted by Gasteiger charge is 2.09. The molecule has 0 saturated carbocycles. The summed E-state index contributed by atoms with van der Waals surface area (Å²) < 4.78 is 0. The van der Waals surface area contributed by atoms with Gasteiger partial charge in [0.05, 0.1) is 6.04 Å². The molecule has 0 aromatic rings. The molecule has 0 bridgehead atoms. The van der Waals surface area contributed by atoms with Gasteiger partial charge in [0.15, 0.2) is 0 Å². The number of allylic oxidation sites excluding steroid dienone is 1. The van der Waals surface area contributed by atoms with Gasteiger partial charge in [0.25, 0.3) is 0 Å². The van der Waals surface area contributed by atoms with Gasteiger partial charge in [0.2, 0.25) is 0 Å².